The molecule has 0 saturated carbocycles. The van der Waals surface area contributed by atoms with Crippen LogP contribution in [0.2, 0.25) is 0 Å². The molecule has 1 fully saturated rings. The molecular formula is C19H21F3N2O2. The first-order valence-corrected chi connectivity index (χ1v) is 8.29. The first kappa shape index (κ1) is 19.8. The van der Waals surface area contributed by atoms with Gasteiger partial charge in [-0.3, -0.25) is 0 Å². The summed E-state index contributed by atoms with van der Waals surface area (Å²) in [5.74, 6) is 0. The maximum atomic E-state index is 12.7. The van der Waals surface area contributed by atoms with Crippen LogP contribution in [0.3, 0.4) is 0 Å². The number of alkyl halides is 3. The third-order valence-electron chi connectivity index (χ3n) is 3.98. The summed E-state index contributed by atoms with van der Waals surface area (Å²) in [4.78, 5) is 13.7. The van der Waals surface area contributed by atoms with Gasteiger partial charge in [0.05, 0.1) is 17.2 Å². The van der Waals surface area contributed by atoms with Gasteiger partial charge in [-0.15, -0.1) is 0 Å². The van der Waals surface area contributed by atoms with Gasteiger partial charge in [0.15, 0.2) is 0 Å². The van der Waals surface area contributed by atoms with Crippen molar-refractivity contribution in [1.29, 1.82) is 5.26 Å². The van der Waals surface area contributed by atoms with Gasteiger partial charge in [-0.05, 0) is 56.9 Å². The average molecular weight is 366 g/mol. The van der Waals surface area contributed by atoms with Crippen molar-refractivity contribution in [2.45, 2.75) is 45.4 Å². The molecule has 1 saturated heterocycles. The smallest absolute Gasteiger partial charge is 0.416 e. The first-order chi connectivity index (χ1) is 12.0. The summed E-state index contributed by atoms with van der Waals surface area (Å²) in [6.07, 6.45) is -3.83. The lowest BCUT2D eigenvalue weighted by atomic mass is 9.93. The molecule has 0 spiro atoms. The molecule has 4 nitrogen and oxygen atoms in total. The fourth-order valence-corrected chi connectivity index (χ4v) is 2.71. The first-order valence-electron chi connectivity index (χ1n) is 8.29. The molecule has 140 valence electrons. The number of amides is 1. The molecule has 0 radical (unpaired) electrons. The Bertz CT molecular complexity index is 728. The molecule has 1 heterocycles. The third-order valence-corrected chi connectivity index (χ3v) is 3.98. The predicted octanol–water partition coefficient (Wildman–Crippen LogP) is 5.01. The Hall–Kier alpha value is -2.49. The fourth-order valence-electron chi connectivity index (χ4n) is 2.71. The Labute approximate surface area is 150 Å². The minimum Gasteiger partial charge on any atom is -0.444 e. The Morgan fingerprint density at radius 2 is 1.65 bits per heavy atom. The molecule has 0 bridgehead atoms. The maximum Gasteiger partial charge on any atom is 0.416 e. The normalized spacial score (nSPS) is 15.4. The molecule has 0 N–H and O–H groups in total. The van der Waals surface area contributed by atoms with Gasteiger partial charge in [0.25, 0.3) is 0 Å². The minimum atomic E-state index is -4.41. The van der Waals surface area contributed by atoms with Crippen LogP contribution < -0.4 is 0 Å². The summed E-state index contributed by atoms with van der Waals surface area (Å²) >= 11 is 0. The molecule has 7 heteroatoms. The molecule has 1 aromatic carbocycles. The lowest BCUT2D eigenvalue weighted by Gasteiger charge is -2.31. The monoisotopic (exact) mass is 366 g/mol. The van der Waals surface area contributed by atoms with Crippen molar-refractivity contribution in [2.75, 3.05) is 13.1 Å². The summed E-state index contributed by atoms with van der Waals surface area (Å²) in [5, 5.41) is 9.45. The van der Waals surface area contributed by atoms with Crippen LogP contribution in [0.15, 0.2) is 29.8 Å². The molecular weight excluding hydrogens is 345 g/mol. The van der Waals surface area contributed by atoms with Crippen LogP contribution in [0.1, 0.15) is 44.7 Å². The number of carbonyl (C=O) groups excluding carboxylic acids is 1. The molecule has 1 aliphatic heterocycles. The van der Waals surface area contributed by atoms with E-state index in [0.29, 0.717) is 37.1 Å². The molecule has 0 unspecified atom stereocenters. The molecule has 0 aromatic heterocycles. The highest BCUT2D eigenvalue weighted by molar-refractivity contribution is 5.80. The number of nitriles is 1. The maximum absolute atomic E-state index is 12.7. The SMILES string of the molecule is CC(C)(C)OC(=O)N1CCC(=C(C#N)c2ccc(C(F)(F)F)cc2)CC1. The summed E-state index contributed by atoms with van der Waals surface area (Å²) in [5.41, 5.74) is 0.352. The Balaban J connectivity index is 2.12. The lowest BCUT2D eigenvalue weighted by molar-refractivity contribution is -0.137. The van der Waals surface area contributed by atoms with E-state index in [9.17, 15) is 23.2 Å². The van der Waals surface area contributed by atoms with Gasteiger partial charge in [0.2, 0.25) is 0 Å². The number of rotatable bonds is 1. The Kier molecular flexibility index (Phi) is 5.65. The Morgan fingerprint density at radius 1 is 1.12 bits per heavy atom. The highest BCUT2D eigenvalue weighted by atomic mass is 19.4. The summed E-state index contributed by atoms with van der Waals surface area (Å²) < 4.78 is 43.3. The minimum absolute atomic E-state index is 0.377. The quantitative estimate of drug-likeness (QED) is 0.656. The van der Waals surface area contributed by atoms with E-state index < -0.39 is 23.4 Å². The van der Waals surface area contributed by atoms with Crippen LogP contribution >= 0.6 is 0 Å². The van der Waals surface area contributed by atoms with E-state index in [0.717, 1.165) is 17.7 Å². The second-order valence-corrected chi connectivity index (χ2v) is 7.13. The second kappa shape index (κ2) is 7.40. The number of carbonyl (C=O) groups is 1. The van der Waals surface area contributed by atoms with E-state index >= 15 is 0 Å². The molecule has 0 atom stereocenters. The van der Waals surface area contributed by atoms with Crippen LogP contribution in [-0.2, 0) is 10.9 Å². The average Bonchev–Trinajstić information content (AvgIpc) is 2.54. The predicted molar refractivity (Wildman–Crippen MR) is 91.0 cm³/mol. The zero-order chi connectivity index (χ0) is 19.5. The van der Waals surface area contributed by atoms with E-state index in [1.807, 2.05) is 0 Å². The summed E-state index contributed by atoms with van der Waals surface area (Å²) in [6, 6.07) is 6.67. The van der Waals surface area contributed by atoms with E-state index in [2.05, 4.69) is 6.07 Å². The standard InChI is InChI=1S/C19H21F3N2O2/c1-18(2,3)26-17(25)24-10-8-14(9-11-24)16(12-23)13-4-6-15(7-5-13)19(20,21)22/h4-7H,8-11H2,1-3H3. The molecule has 2 rings (SSSR count). The van der Waals surface area contributed by atoms with Crippen molar-refractivity contribution < 1.29 is 22.7 Å². The van der Waals surface area contributed by atoms with Crippen molar-refractivity contribution in [3.05, 3.63) is 41.0 Å². The molecule has 1 amide bonds. The fraction of sp³-hybridized carbons (Fsp3) is 0.474. The van der Waals surface area contributed by atoms with Crippen LogP contribution in [0.5, 0.6) is 0 Å². The summed E-state index contributed by atoms with van der Waals surface area (Å²) in [6.45, 7) is 6.20. The van der Waals surface area contributed by atoms with Crippen molar-refractivity contribution >= 4 is 11.7 Å². The number of nitrogens with zero attached hydrogens (tertiary/aromatic N) is 2. The largest absolute Gasteiger partial charge is 0.444 e. The highest BCUT2D eigenvalue weighted by Gasteiger charge is 2.30. The third kappa shape index (κ3) is 5.01. The number of piperidine rings is 1. The number of likely N-dealkylation sites (tertiary alicyclic amines) is 1. The van der Waals surface area contributed by atoms with Gasteiger partial charge in [0, 0.05) is 13.1 Å². The van der Waals surface area contributed by atoms with Crippen molar-refractivity contribution in [1.82, 2.24) is 4.90 Å². The van der Waals surface area contributed by atoms with Gasteiger partial charge in [-0.1, -0.05) is 12.1 Å². The van der Waals surface area contributed by atoms with Crippen LogP contribution in [0.25, 0.3) is 5.57 Å². The van der Waals surface area contributed by atoms with E-state index in [4.69, 9.17) is 4.74 Å². The van der Waals surface area contributed by atoms with Gasteiger partial charge >= 0.3 is 12.3 Å². The lowest BCUT2D eigenvalue weighted by Crippen LogP contribution is -2.40. The molecule has 0 aliphatic carbocycles. The van der Waals surface area contributed by atoms with Crippen LogP contribution in [-0.4, -0.2) is 29.7 Å². The zero-order valence-electron chi connectivity index (χ0n) is 15.0. The number of hydrogen-bond donors (Lipinski definition) is 0. The van der Waals surface area contributed by atoms with Gasteiger partial charge in [-0.2, -0.15) is 18.4 Å². The van der Waals surface area contributed by atoms with Gasteiger partial charge in [-0.25, -0.2) is 4.79 Å². The molecule has 1 aliphatic rings. The van der Waals surface area contributed by atoms with Crippen molar-refractivity contribution in [2.24, 2.45) is 0 Å². The zero-order valence-corrected chi connectivity index (χ0v) is 15.0. The molecule has 1 aromatic rings. The van der Waals surface area contributed by atoms with Crippen LogP contribution in [0.4, 0.5) is 18.0 Å². The van der Waals surface area contributed by atoms with Gasteiger partial charge in [0.1, 0.15) is 5.60 Å². The second-order valence-electron chi connectivity index (χ2n) is 7.13. The topological polar surface area (TPSA) is 53.3 Å². The van der Waals surface area contributed by atoms with Crippen LogP contribution in [0, 0.1) is 11.3 Å². The number of halogens is 3. The summed E-state index contributed by atoms with van der Waals surface area (Å²) in [7, 11) is 0. The van der Waals surface area contributed by atoms with Crippen molar-refractivity contribution in [3.63, 3.8) is 0 Å². The Morgan fingerprint density at radius 3 is 2.08 bits per heavy atom. The van der Waals surface area contributed by atoms with E-state index in [-0.39, 0.29) is 0 Å². The van der Waals surface area contributed by atoms with E-state index in [1.165, 1.54) is 12.1 Å². The highest BCUT2D eigenvalue weighted by Crippen LogP contribution is 2.32. The van der Waals surface area contributed by atoms with Crippen molar-refractivity contribution in [3.8, 4) is 6.07 Å². The number of allylic oxidation sites excluding steroid dienone is 1. The van der Waals surface area contributed by atoms with E-state index in [1.54, 1.807) is 25.7 Å². The number of benzene rings is 1. The molecule has 26 heavy (non-hydrogen) atoms. The number of ether oxygens (including phenoxy) is 1. The number of hydrogen-bond acceptors (Lipinski definition) is 3. The van der Waals surface area contributed by atoms with Gasteiger partial charge < -0.3 is 9.64 Å².